The molecule has 14 heavy (non-hydrogen) atoms. The number of carbonyl (C=O) groups is 3. The molecular formula is C11H10O3. The molecule has 1 rings (SSSR count). The Kier molecular flexibility index (Phi) is 3.29. The van der Waals surface area contributed by atoms with Gasteiger partial charge in [0.2, 0.25) is 0 Å². The minimum absolute atomic E-state index is 0.323. The van der Waals surface area contributed by atoms with Crippen molar-refractivity contribution in [2.45, 2.75) is 12.8 Å². The van der Waals surface area contributed by atoms with E-state index in [4.69, 9.17) is 0 Å². The fraction of sp³-hybridized carbons (Fsp3) is 0.182. The van der Waals surface area contributed by atoms with Crippen molar-refractivity contribution in [1.82, 2.24) is 0 Å². The zero-order valence-electron chi connectivity index (χ0n) is 7.77. The van der Waals surface area contributed by atoms with Gasteiger partial charge >= 0.3 is 0 Å². The minimum Gasteiger partial charge on any atom is -0.303 e. The number of aldehydes is 3. The van der Waals surface area contributed by atoms with Crippen LogP contribution in [0, 0.1) is 0 Å². The molecule has 0 spiro atoms. The number of carbonyl (C=O) groups excluding carboxylic acids is 3. The van der Waals surface area contributed by atoms with E-state index < -0.39 is 0 Å². The minimum atomic E-state index is -0.323. The molecule has 0 amide bonds. The summed E-state index contributed by atoms with van der Waals surface area (Å²) in [6.07, 6.45) is 2.09. The van der Waals surface area contributed by atoms with E-state index in [0.29, 0.717) is 29.3 Å². The topological polar surface area (TPSA) is 51.2 Å². The monoisotopic (exact) mass is 190 g/mol. The van der Waals surface area contributed by atoms with Gasteiger partial charge in [-0.25, -0.2) is 0 Å². The Morgan fingerprint density at radius 2 is 1.86 bits per heavy atom. The lowest BCUT2D eigenvalue weighted by Gasteiger charge is -2.07. The normalized spacial score (nSPS) is 11.8. The van der Waals surface area contributed by atoms with E-state index in [0.717, 1.165) is 6.29 Å². The highest BCUT2D eigenvalue weighted by Gasteiger charge is 2.09. The summed E-state index contributed by atoms with van der Waals surface area (Å²) in [5.74, 6) is -0.323. The van der Waals surface area contributed by atoms with E-state index in [-0.39, 0.29) is 5.92 Å². The lowest BCUT2D eigenvalue weighted by molar-refractivity contribution is -0.108. The summed E-state index contributed by atoms with van der Waals surface area (Å²) < 4.78 is 0. The SMILES string of the molecule is CC(C=O)c1ccc(C=O)cc1C=O. The lowest BCUT2D eigenvalue weighted by Crippen LogP contribution is -2.00. The van der Waals surface area contributed by atoms with Crippen molar-refractivity contribution in [2.75, 3.05) is 0 Å². The van der Waals surface area contributed by atoms with Gasteiger partial charge in [-0.2, -0.15) is 0 Å². The number of benzene rings is 1. The van der Waals surface area contributed by atoms with Crippen molar-refractivity contribution in [3.63, 3.8) is 0 Å². The second-order valence-corrected chi connectivity index (χ2v) is 3.05. The van der Waals surface area contributed by atoms with E-state index >= 15 is 0 Å². The molecule has 1 unspecified atom stereocenters. The van der Waals surface area contributed by atoms with Gasteiger partial charge in [0.15, 0.2) is 0 Å². The summed E-state index contributed by atoms with van der Waals surface area (Å²) in [7, 11) is 0. The molecule has 1 aromatic rings. The van der Waals surface area contributed by atoms with Gasteiger partial charge in [-0.3, -0.25) is 9.59 Å². The maximum Gasteiger partial charge on any atom is 0.150 e. The van der Waals surface area contributed by atoms with Crippen molar-refractivity contribution >= 4 is 18.9 Å². The quantitative estimate of drug-likeness (QED) is 0.678. The van der Waals surface area contributed by atoms with Crippen molar-refractivity contribution in [2.24, 2.45) is 0 Å². The maximum absolute atomic E-state index is 10.7. The zero-order valence-corrected chi connectivity index (χ0v) is 7.77. The van der Waals surface area contributed by atoms with E-state index in [1.165, 1.54) is 6.07 Å². The van der Waals surface area contributed by atoms with Gasteiger partial charge in [-0.1, -0.05) is 19.1 Å². The molecular weight excluding hydrogens is 180 g/mol. The van der Waals surface area contributed by atoms with Crippen LogP contribution in [-0.4, -0.2) is 18.9 Å². The van der Waals surface area contributed by atoms with Crippen LogP contribution < -0.4 is 0 Å². The second kappa shape index (κ2) is 4.46. The fourth-order valence-electron chi connectivity index (χ4n) is 1.26. The Labute approximate surface area is 81.7 Å². The fourth-order valence-corrected chi connectivity index (χ4v) is 1.26. The van der Waals surface area contributed by atoms with Gasteiger partial charge in [0.25, 0.3) is 0 Å². The molecule has 0 bridgehead atoms. The highest BCUT2D eigenvalue weighted by Crippen LogP contribution is 2.17. The molecule has 3 heteroatoms. The Hall–Kier alpha value is -1.77. The zero-order chi connectivity index (χ0) is 10.6. The Bertz CT molecular complexity index is 369. The maximum atomic E-state index is 10.7. The molecule has 0 N–H and O–H groups in total. The largest absolute Gasteiger partial charge is 0.303 e. The Morgan fingerprint density at radius 3 is 2.36 bits per heavy atom. The third-order valence-corrected chi connectivity index (χ3v) is 2.07. The average Bonchev–Trinajstić information content (AvgIpc) is 2.27. The lowest BCUT2D eigenvalue weighted by atomic mass is 9.96. The second-order valence-electron chi connectivity index (χ2n) is 3.05. The third kappa shape index (κ3) is 1.93. The van der Waals surface area contributed by atoms with E-state index in [9.17, 15) is 14.4 Å². The molecule has 0 aliphatic rings. The van der Waals surface area contributed by atoms with E-state index in [2.05, 4.69) is 0 Å². The molecule has 72 valence electrons. The van der Waals surface area contributed by atoms with Gasteiger partial charge in [-0.15, -0.1) is 0 Å². The van der Waals surface area contributed by atoms with Crippen LogP contribution in [0.5, 0.6) is 0 Å². The summed E-state index contributed by atoms with van der Waals surface area (Å²) in [5, 5.41) is 0. The molecule has 0 heterocycles. The molecule has 1 aromatic carbocycles. The molecule has 0 saturated heterocycles. The van der Waals surface area contributed by atoms with Crippen molar-refractivity contribution < 1.29 is 14.4 Å². The van der Waals surface area contributed by atoms with Gasteiger partial charge < -0.3 is 4.79 Å². The van der Waals surface area contributed by atoms with Crippen LogP contribution in [0.3, 0.4) is 0 Å². The van der Waals surface area contributed by atoms with Gasteiger partial charge in [-0.05, 0) is 11.6 Å². The van der Waals surface area contributed by atoms with Gasteiger partial charge in [0.1, 0.15) is 18.9 Å². The predicted octanol–water partition coefficient (Wildman–Crippen LogP) is 1.61. The van der Waals surface area contributed by atoms with E-state index in [1.807, 2.05) is 0 Å². The van der Waals surface area contributed by atoms with Crippen LogP contribution in [0.4, 0.5) is 0 Å². The molecule has 0 fully saturated rings. The van der Waals surface area contributed by atoms with Crippen LogP contribution in [0.25, 0.3) is 0 Å². The van der Waals surface area contributed by atoms with Crippen molar-refractivity contribution in [3.8, 4) is 0 Å². The van der Waals surface area contributed by atoms with Crippen LogP contribution in [-0.2, 0) is 4.79 Å². The summed E-state index contributed by atoms with van der Waals surface area (Å²) in [5.41, 5.74) is 1.49. The summed E-state index contributed by atoms with van der Waals surface area (Å²) in [6.45, 7) is 1.70. The van der Waals surface area contributed by atoms with Crippen LogP contribution in [0.2, 0.25) is 0 Å². The highest BCUT2D eigenvalue weighted by atomic mass is 16.1. The molecule has 0 aromatic heterocycles. The molecule has 0 aliphatic carbocycles. The highest BCUT2D eigenvalue weighted by molar-refractivity contribution is 5.85. The van der Waals surface area contributed by atoms with Crippen LogP contribution >= 0.6 is 0 Å². The molecule has 0 aliphatic heterocycles. The third-order valence-electron chi connectivity index (χ3n) is 2.07. The Morgan fingerprint density at radius 1 is 1.14 bits per heavy atom. The molecule has 1 atom stereocenters. The van der Waals surface area contributed by atoms with Gasteiger partial charge in [0, 0.05) is 17.0 Å². The van der Waals surface area contributed by atoms with Crippen molar-refractivity contribution in [3.05, 3.63) is 34.9 Å². The molecule has 0 radical (unpaired) electrons. The summed E-state index contributed by atoms with van der Waals surface area (Å²) in [4.78, 5) is 31.7. The smallest absolute Gasteiger partial charge is 0.150 e. The summed E-state index contributed by atoms with van der Waals surface area (Å²) in [6, 6.07) is 4.71. The average molecular weight is 190 g/mol. The first-order valence-corrected chi connectivity index (χ1v) is 4.22. The molecule has 3 nitrogen and oxygen atoms in total. The first-order chi connectivity index (χ1) is 6.72. The first kappa shape index (κ1) is 10.3. The standard InChI is InChI=1S/C11H10O3/c1-8(5-12)11-3-2-9(6-13)4-10(11)7-14/h2-8H,1H3. The Balaban J connectivity index is 3.23. The first-order valence-electron chi connectivity index (χ1n) is 4.22. The number of hydrogen-bond acceptors (Lipinski definition) is 3. The predicted molar refractivity (Wildman–Crippen MR) is 51.7 cm³/mol. The van der Waals surface area contributed by atoms with Crippen LogP contribution in [0.1, 0.15) is 39.1 Å². The van der Waals surface area contributed by atoms with E-state index in [1.54, 1.807) is 19.1 Å². The molecule has 0 saturated carbocycles. The van der Waals surface area contributed by atoms with Gasteiger partial charge in [0.05, 0.1) is 0 Å². The van der Waals surface area contributed by atoms with Crippen LogP contribution in [0.15, 0.2) is 18.2 Å². The summed E-state index contributed by atoms with van der Waals surface area (Å²) >= 11 is 0. The number of rotatable bonds is 4. The van der Waals surface area contributed by atoms with Crippen molar-refractivity contribution in [1.29, 1.82) is 0 Å². The number of hydrogen-bond donors (Lipinski definition) is 0.